The van der Waals surface area contributed by atoms with Crippen LogP contribution in [0.3, 0.4) is 0 Å². The lowest BCUT2D eigenvalue weighted by Crippen LogP contribution is -2.24. The Labute approximate surface area is 114 Å². The lowest BCUT2D eigenvalue weighted by Gasteiger charge is -2.16. The van der Waals surface area contributed by atoms with Gasteiger partial charge >= 0.3 is 0 Å². The first-order valence-electron chi connectivity index (χ1n) is 6.74. The minimum absolute atomic E-state index is 0.841. The molecular formula is C18H17N. The summed E-state index contributed by atoms with van der Waals surface area (Å²) in [6, 6.07) is 19.1. The fourth-order valence-corrected chi connectivity index (χ4v) is 2.42. The van der Waals surface area contributed by atoms with Crippen molar-refractivity contribution in [1.82, 2.24) is 4.90 Å². The van der Waals surface area contributed by atoms with Gasteiger partial charge in [0, 0.05) is 18.7 Å². The van der Waals surface area contributed by atoms with Crippen molar-refractivity contribution in [3.8, 4) is 11.8 Å². The largest absolute Gasteiger partial charge is 0.288 e. The van der Waals surface area contributed by atoms with E-state index in [4.69, 9.17) is 0 Å². The van der Waals surface area contributed by atoms with Crippen molar-refractivity contribution < 1.29 is 0 Å². The molecule has 1 heteroatoms. The Morgan fingerprint density at radius 2 is 1.79 bits per heavy atom. The predicted octanol–water partition coefficient (Wildman–Crippen LogP) is 3.10. The maximum atomic E-state index is 3.28. The molecule has 2 bridgehead atoms. The van der Waals surface area contributed by atoms with Gasteiger partial charge in [-0.05, 0) is 29.7 Å². The lowest BCUT2D eigenvalue weighted by molar-refractivity contribution is 0.308. The Bertz CT molecular complexity index is 604. The van der Waals surface area contributed by atoms with Crippen LogP contribution in [0.1, 0.15) is 16.7 Å². The van der Waals surface area contributed by atoms with E-state index in [9.17, 15) is 0 Å². The highest BCUT2D eigenvalue weighted by atomic mass is 15.1. The van der Waals surface area contributed by atoms with Crippen LogP contribution in [0.5, 0.6) is 0 Å². The van der Waals surface area contributed by atoms with E-state index >= 15 is 0 Å². The van der Waals surface area contributed by atoms with Gasteiger partial charge in [0.1, 0.15) is 0 Å². The molecule has 19 heavy (non-hydrogen) atoms. The van der Waals surface area contributed by atoms with E-state index in [1.54, 1.807) is 0 Å². The van der Waals surface area contributed by atoms with Crippen molar-refractivity contribution in [2.24, 2.45) is 0 Å². The zero-order chi connectivity index (χ0) is 12.9. The Hall–Kier alpha value is -2.04. The van der Waals surface area contributed by atoms with Gasteiger partial charge in [0.2, 0.25) is 0 Å². The van der Waals surface area contributed by atoms with E-state index in [-0.39, 0.29) is 0 Å². The molecule has 1 aliphatic heterocycles. The van der Waals surface area contributed by atoms with Gasteiger partial charge in [0.05, 0.1) is 6.54 Å². The summed E-state index contributed by atoms with van der Waals surface area (Å²) in [4.78, 5) is 2.41. The highest BCUT2D eigenvalue weighted by Crippen LogP contribution is 2.13. The molecule has 0 fully saturated rings. The second-order valence-corrected chi connectivity index (χ2v) is 4.95. The van der Waals surface area contributed by atoms with Gasteiger partial charge in [0.15, 0.2) is 0 Å². The molecular weight excluding hydrogens is 230 g/mol. The van der Waals surface area contributed by atoms with Crippen LogP contribution in [-0.2, 0) is 13.0 Å². The normalized spacial score (nSPS) is 14.3. The van der Waals surface area contributed by atoms with Crippen LogP contribution in [0.15, 0.2) is 54.6 Å². The molecule has 0 aliphatic carbocycles. The molecule has 2 aromatic rings. The van der Waals surface area contributed by atoms with Gasteiger partial charge in [-0.2, -0.15) is 0 Å². The van der Waals surface area contributed by atoms with Crippen LogP contribution >= 0.6 is 0 Å². The molecule has 94 valence electrons. The number of hydrogen-bond acceptors (Lipinski definition) is 1. The van der Waals surface area contributed by atoms with Crippen molar-refractivity contribution in [2.75, 3.05) is 13.1 Å². The van der Waals surface area contributed by atoms with E-state index in [2.05, 4.69) is 53.1 Å². The van der Waals surface area contributed by atoms with Crippen LogP contribution in [0.25, 0.3) is 0 Å². The summed E-state index contributed by atoms with van der Waals surface area (Å²) in [5.41, 5.74) is 3.94. The van der Waals surface area contributed by atoms with Crippen molar-refractivity contribution in [1.29, 1.82) is 0 Å². The van der Waals surface area contributed by atoms with E-state index < -0.39 is 0 Å². The summed E-state index contributed by atoms with van der Waals surface area (Å²) >= 11 is 0. The quantitative estimate of drug-likeness (QED) is 0.700. The highest BCUT2D eigenvalue weighted by molar-refractivity contribution is 5.34. The Morgan fingerprint density at radius 3 is 2.68 bits per heavy atom. The standard InChI is InChI=1S/C18H17N/c1-2-6-16(7-3-1)10-5-12-19-13-11-17-8-4-9-18(14-17)15-19/h1-4,6-9,14H,11-13,15H2. The second-order valence-electron chi connectivity index (χ2n) is 4.95. The topological polar surface area (TPSA) is 3.24 Å². The zero-order valence-electron chi connectivity index (χ0n) is 11.0. The van der Waals surface area contributed by atoms with E-state index in [0.717, 1.165) is 31.6 Å². The molecule has 0 N–H and O–H groups in total. The highest BCUT2D eigenvalue weighted by Gasteiger charge is 2.09. The molecule has 1 aliphatic rings. The Balaban J connectivity index is 1.64. The van der Waals surface area contributed by atoms with Crippen LogP contribution in [-0.4, -0.2) is 18.0 Å². The minimum atomic E-state index is 0.841. The summed E-state index contributed by atoms with van der Waals surface area (Å²) < 4.78 is 0. The molecule has 0 spiro atoms. The van der Waals surface area contributed by atoms with Crippen molar-refractivity contribution >= 4 is 0 Å². The molecule has 2 aromatic carbocycles. The van der Waals surface area contributed by atoms with Gasteiger partial charge in [-0.3, -0.25) is 4.90 Å². The van der Waals surface area contributed by atoms with E-state index in [0.29, 0.717) is 0 Å². The molecule has 0 radical (unpaired) electrons. The van der Waals surface area contributed by atoms with Gasteiger partial charge in [-0.15, -0.1) is 0 Å². The second kappa shape index (κ2) is 5.73. The van der Waals surface area contributed by atoms with Crippen molar-refractivity contribution in [2.45, 2.75) is 13.0 Å². The van der Waals surface area contributed by atoms with Crippen LogP contribution in [0, 0.1) is 11.8 Å². The molecule has 0 saturated carbocycles. The molecule has 1 heterocycles. The van der Waals surface area contributed by atoms with Crippen LogP contribution in [0.4, 0.5) is 0 Å². The first-order chi connectivity index (χ1) is 9.40. The van der Waals surface area contributed by atoms with Crippen molar-refractivity contribution in [3.63, 3.8) is 0 Å². The molecule has 1 nitrogen and oxygen atoms in total. The summed E-state index contributed by atoms with van der Waals surface area (Å²) in [7, 11) is 0. The first kappa shape index (κ1) is 12.0. The minimum Gasteiger partial charge on any atom is -0.288 e. The predicted molar refractivity (Wildman–Crippen MR) is 78.7 cm³/mol. The van der Waals surface area contributed by atoms with Gasteiger partial charge in [0.25, 0.3) is 0 Å². The van der Waals surface area contributed by atoms with E-state index in [1.807, 2.05) is 18.2 Å². The lowest BCUT2D eigenvalue weighted by atomic mass is 10.1. The summed E-state index contributed by atoms with van der Waals surface area (Å²) in [5, 5.41) is 0. The van der Waals surface area contributed by atoms with Crippen molar-refractivity contribution in [3.05, 3.63) is 71.3 Å². The SMILES string of the molecule is C(#Cc1ccccc1)CN1CCc2cccc(c2)C1. The van der Waals surface area contributed by atoms with Gasteiger partial charge in [-0.1, -0.05) is 54.3 Å². The average molecular weight is 247 g/mol. The van der Waals surface area contributed by atoms with E-state index in [1.165, 1.54) is 11.1 Å². The molecule has 0 saturated heterocycles. The first-order valence-corrected chi connectivity index (χ1v) is 6.74. The number of benzene rings is 2. The Kier molecular flexibility index (Phi) is 3.63. The third-order valence-electron chi connectivity index (χ3n) is 3.42. The maximum absolute atomic E-state index is 3.28. The Morgan fingerprint density at radius 1 is 0.947 bits per heavy atom. The van der Waals surface area contributed by atoms with Crippen LogP contribution < -0.4 is 0 Å². The molecule has 3 rings (SSSR count). The molecule has 0 unspecified atom stereocenters. The monoisotopic (exact) mass is 247 g/mol. The maximum Gasteiger partial charge on any atom is 0.0608 e. The summed E-state index contributed by atoms with van der Waals surface area (Å²) in [6.07, 6.45) is 1.13. The number of nitrogens with zero attached hydrogens (tertiary/aromatic N) is 1. The molecule has 0 amide bonds. The third kappa shape index (κ3) is 3.24. The number of hydrogen-bond donors (Lipinski definition) is 0. The summed E-state index contributed by atoms with van der Waals surface area (Å²) in [5.74, 6) is 6.51. The molecule has 0 atom stereocenters. The van der Waals surface area contributed by atoms with Gasteiger partial charge < -0.3 is 0 Å². The fourth-order valence-electron chi connectivity index (χ4n) is 2.42. The third-order valence-corrected chi connectivity index (χ3v) is 3.42. The van der Waals surface area contributed by atoms with Gasteiger partial charge in [-0.25, -0.2) is 0 Å². The smallest absolute Gasteiger partial charge is 0.0608 e. The average Bonchev–Trinajstić information content (AvgIpc) is 2.59. The number of fused-ring (bicyclic) bond motifs is 2. The fraction of sp³-hybridized carbons (Fsp3) is 0.222. The molecule has 0 aromatic heterocycles. The summed E-state index contributed by atoms with van der Waals surface area (Å²) in [6.45, 7) is 2.95. The number of rotatable bonds is 1. The zero-order valence-corrected chi connectivity index (χ0v) is 11.0. The van der Waals surface area contributed by atoms with Crippen LogP contribution in [0.2, 0.25) is 0 Å².